The minimum absolute atomic E-state index is 0.0522. The lowest BCUT2D eigenvalue weighted by Gasteiger charge is -2.40. The maximum absolute atomic E-state index is 14.2. The second-order valence-electron chi connectivity index (χ2n) is 11.4. The maximum Gasteiger partial charge on any atom is 0.325 e. The molecule has 0 aliphatic carbocycles. The van der Waals surface area contributed by atoms with E-state index in [1.54, 1.807) is 0 Å². The van der Waals surface area contributed by atoms with Gasteiger partial charge in [-0.2, -0.15) is 0 Å². The normalized spacial score (nSPS) is 11.9. The fourth-order valence-electron chi connectivity index (χ4n) is 6.02. The molecule has 0 fully saturated rings. The number of carbonyl (C=O) groups excluding carboxylic acids is 2. The van der Waals surface area contributed by atoms with Crippen molar-refractivity contribution in [1.29, 1.82) is 0 Å². The van der Waals surface area contributed by atoms with Crippen molar-refractivity contribution in [3.05, 3.63) is 184 Å². The third-order valence-corrected chi connectivity index (χ3v) is 8.38. The molecule has 0 aliphatic heterocycles. The molecule has 1 amide bonds. The van der Waals surface area contributed by atoms with Crippen molar-refractivity contribution in [1.82, 2.24) is 15.6 Å². The van der Waals surface area contributed by atoms with Gasteiger partial charge in [0.25, 0.3) is 5.69 Å². The molecule has 1 atom stereocenters. The molecule has 5 aromatic carbocycles. The van der Waals surface area contributed by atoms with Crippen LogP contribution in [0.2, 0.25) is 0 Å². The molecule has 0 bridgehead atoms. The number of aromatic nitrogens is 1. The topological polar surface area (TPSA) is 126 Å². The molecule has 1 aromatic heterocycles. The van der Waals surface area contributed by atoms with E-state index in [9.17, 15) is 19.7 Å². The number of nitro benzene ring substituents is 1. The number of ether oxygens (including phenoxy) is 1. The van der Waals surface area contributed by atoms with Crippen molar-refractivity contribution in [3.8, 4) is 0 Å². The van der Waals surface area contributed by atoms with Crippen molar-refractivity contribution in [2.75, 3.05) is 6.54 Å². The van der Waals surface area contributed by atoms with Crippen molar-refractivity contribution in [2.45, 2.75) is 24.6 Å². The first-order valence-corrected chi connectivity index (χ1v) is 15.6. The average molecular weight is 639 g/mol. The number of nitrogens with zero attached hydrogens (tertiary/aromatic N) is 1. The summed E-state index contributed by atoms with van der Waals surface area (Å²) in [4.78, 5) is 40.8. The van der Waals surface area contributed by atoms with Crippen LogP contribution in [0.25, 0.3) is 10.9 Å². The quantitative estimate of drug-likeness (QED) is 0.0580. The zero-order chi connectivity index (χ0) is 33.3. The molecule has 240 valence electrons. The van der Waals surface area contributed by atoms with Gasteiger partial charge in [0.05, 0.1) is 16.5 Å². The third kappa shape index (κ3) is 7.01. The van der Waals surface area contributed by atoms with Gasteiger partial charge in [0.15, 0.2) is 0 Å². The van der Waals surface area contributed by atoms with E-state index >= 15 is 0 Å². The van der Waals surface area contributed by atoms with E-state index in [0.29, 0.717) is 12.0 Å². The summed E-state index contributed by atoms with van der Waals surface area (Å²) in [5.41, 5.74) is 4.35. The van der Waals surface area contributed by atoms with Gasteiger partial charge in [-0.25, -0.2) is 0 Å². The van der Waals surface area contributed by atoms with Crippen LogP contribution in [-0.2, 0) is 32.9 Å². The van der Waals surface area contributed by atoms with Crippen molar-refractivity contribution in [2.24, 2.45) is 0 Å². The van der Waals surface area contributed by atoms with Crippen molar-refractivity contribution < 1.29 is 19.2 Å². The minimum Gasteiger partial charge on any atom is -0.460 e. The van der Waals surface area contributed by atoms with Gasteiger partial charge in [0, 0.05) is 29.2 Å². The van der Waals surface area contributed by atoms with Gasteiger partial charge in [-0.1, -0.05) is 109 Å². The molecule has 6 rings (SSSR count). The SMILES string of the molecule is O=C(CNC(=O)[C@H](Cc1c[nH]c2ccccc12)NC(c1ccccc1)(c1ccccc1)c1ccccc1)OCc1ccc([N+](=O)[O-])cc1. The van der Waals surface area contributed by atoms with E-state index in [4.69, 9.17) is 4.74 Å². The molecular weight excluding hydrogens is 604 g/mol. The van der Waals surface area contributed by atoms with Gasteiger partial charge in [-0.3, -0.25) is 25.0 Å². The lowest BCUT2D eigenvalue weighted by molar-refractivity contribution is -0.384. The second kappa shape index (κ2) is 14.6. The fourth-order valence-corrected chi connectivity index (χ4v) is 6.02. The van der Waals surface area contributed by atoms with Gasteiger partial charge in [0.2, 0.25) is 5.91 Å². The largest absolute Gasteiger partial charge is 0.460 e. The summed E-state index contributed by atoms with van der Waals surface area (Å²) in [6, 6.07) is 42.9. The highest BCUT2D eigenvalue weighted by Crippen LogP contribution is 2.37. The summed E-state index contributed by atoms with van der Waals surface area (Å²) in [5, 5.41) is 18.5. The zero-order valence-electron chi connectivity index (χ0n) is 26.0. The first kappa shape index (κ1) is 31.9. The molecular formula is C39H34N4O5. The van der Waals surface area contributed by atoms with E-state index in [1.165, 1.54) is 24.3 Å². The highest BCUT2D eigenvalue weighted by atomic mass is 16.6. The van der Waals surface area contributed by atoms with Crippen molar-refractivity contribution in [3.63, 3.8) is 0 Å². The van der Waals surface area contributed by atoms with Crippen LogP contribution in [0.4, 0.5) is 5.69 Å². The van der Waals surface area contributed by atoms with Gasteiger partial charge < -0.3 is 15.0 Å². The monoisotopic (exact) mass is 638 g/mol. The Morgan fingerprint density at radius 1 is 0.750 bits per heavy atom. The van der Waals surface area contributed by atoms with Crippen LogP contribution in [0.5, 0.6) is 0 Å². The molecule has 0 saturated carbocycles. The molecule has 9 heteroatoms. The number of para-hydroxylation sites is 1. The third-order valence-electron chi connectivity index (χ3n) is 8.38. The number of aromatic amines is 1. The molecule has 6 aromatic rings. The molecule has 9 nitrogen and oxygen atoms in total. The Bertz CT molecular complexity index is 1900. The van der Waals surface area contributed by atoms with Gasteiger partial charge in [-0.05, 0) is 52.4 Å². The lowest BCUT2D eigenvalue weighted by atomic mass is 9.76. The number of nitro groups is 1. The number of rotatable bonds is 13. The number of non-ortho nitro benzene ring substituents is 1. The molecule has 0 spiro atoms. The number of H-pyrrole nitrogens is 1. The van der Waals surface area contributed by atoms with E-state index in [2.05, 4.69) is 15.6 Å². The highest BCUT2D eigenvalue weighted by molar-refractivity contribution is 5.88. The van der Waals surface area contributed by atoms with Crippen LogP contribution in [0.1, 0.15) is 27.8 Å². The van der Waals surface area contributed by atoms with Crippen LogP contribution in [0.15, 0.2) is 146 Å². The first-order chi connectivity index (χ1) is 23.4. The molecule has 3 N–H and O–H groups in total. The second-order valence-corrected chi connectivity index (χ2v) is 11.4. The summed E-state index contributed by atoms with van der Waals surface area (Å²) in [5.74, 6) is -1.01. The van der Waals surface area contributed by atoms with Crippen LogP contribution in [0.3, 0.4) is 0 Å². The number of carbonyl (C=O) groups is 2. The van der Waals surface area contributed by atoms with Crippen molar-refractivity contribution >= 4 is 28.5 Å². The Morgan fingerprint density at radius 2 is 1.29 bits per heavy atom. The predicted molar refractivity (Wildman–Crippen MR) is 184 cm³/mol. The smallest absolute Gasteiger partial charge is 0.325 e. The zero-order valence-corrected chi connectivity index (χ0v) is 26.0. The predicted octanol–water partition coefficient (Wildman–Crippen LogP) is 6.43. The Morgan fingerprint density at radius 3 is 1.85 bits per heavy atom. The Balaban J connectivity index is 1.32. The van der Waals surface area contributed by atoms with E-state index < -0.39 is 22.5 Å². The van der Waals surface area contributed by atoms with E-state index in [0.717, 1.165) is 33.2 Å². The molecule has 0 radical (unpaired) electrons. The number of nitrogens with one attached hydrogen (secondary N) is 3. The Labute approximate surface area is 277 Å². The molecule has 0 saturated heterocycles. The number of amides is 1. The summed E-state index contributed by atoms with van der Waals surface area (Å²) in [6.45, 7) is -0.435. The van der Waals surface area contributed by atoms with Crippen LogP contribution < -0.4 is 10.6 Å². The van der Waals surface area contributed by atoms with E-state index in [1.807, 2.05) is 121 Å². The summed E-state index contributed by atoms with van der Waals surface area (Å²) >= 11 is 0. The summed E-state index contributed by atoms with van der Waals surface area (Å²) < 4.78 is 5.38. The standard InChI is InChI=1S/C39H34N4O5/c44-37(48-27-28-20-22-33(23-21-28)43(46)47)26-41-38(45)36(24-29-25-40-35-19-11-10-18-34(29)35)42-39(30-12-4-1-5-13-30,31-14-6-2-7-15-31)32-16-8-3-9-17-32/h1-23,25,36,40,42H,24,26-27H2,(H,41,45)/t36-/m0/s1. The number of fused-ring (bicyclic) bond motifs is 1. The van der Waals surface area contributed by atoms with Gasteiger partial charge in [-0.15, -0.1) is 0 Å². The number of esters is 1. The molecule has 48 heavy (non-hydrogen) atoms. The number of hydrogen-bond donors (Lipinski definition) is 3. The maximum atomic E-state index is 14.2. The van der Waals surface area contributed by atoms with Gasteiger partial charge >= 0.3 is 5.97 Å². The van der Waals surface area contributed by atoms with Crippen LogP contribution in [0, 0.1) is 10.1 Å². The van der Waals surface area contributed by atoms with E-state index in [-0.39, 0.29) is 24.7 Å². The molecule has 0 unspecified atom stereocenters. The number of hydrogen-bond acceptors (Lipinski definition) is 6. The Kier molecular flexibility index (Phi) is 9.69. The fraction of sp³-hybridized carbons (Fsp3) is 0.128. The minimum atomic E-state index is -0.936. The highest BCUT2D eigenvalue weighted by Gasteiger charge is 2.40. The number of benzene rings is 5. The van der Waals surface area contributed by atoms with Crippen LogP contribution >= 0.6 is 0 Å². The first-order valence-electron chi connectivity index (χ1n) is 15.6. The summed E-state index contributed by atoms with van der Waals surface area (Å²) in [6.07, 6.45) is 2.24. The Hall–Kier alpha value is -6.06. The lowest BCUT2D eigenvalue weighted by Crippen LogP contribution is -2.56. The summed E-state index contributed by atoms with van der Waals surface area (Å²) in [7, 11) is 0. The molecule has 0 aliphatic rings. The van der Waals surface area contributed by atoms with Crippen LogP contribution in [-0.4, -0.2) is 34.4 Å². The van der Waals surface area contributed by atoms with Gasteiger partial charge in [0.1, 0.15) is 13.2 Å². The average Bonchev–Trinajstić information content (AvgIpc) is 3.55. The molecule has 1 heterocycles.